The van der Waals surface area contributed by atoms with Crippen molar-refractivity contribution in [2.75, 3.05) is 17.3 Å². The summed E-state index contributed by atoms with van der Waals surface area (Å²) < 4.78 is 0. The normalized spacial score (nSPS) is 9.43. The predicted octanol–water partition coefficient (Wildman–Crippen LogP) is 2.60. The smallest absolute Gasteiger partial charge is 0.107 e. The van der Waals surface area contributed by atoms with Crippen molar-refractivity contribution in [1.82, 2.24) is 0 Å². The van der Waals surface area contributed by atoms with Gasteiger partial charge < -0.3 is 15.3 Å². The van der Waals surface area contributed by atoms with Crippen LogP contribution in [0, 0.1) is 15.3 Å². The Balaban J connectivity index is 0. The topological polar surface area (TPSA) is 66.2 Å². The van der Waals surface area contributed by atoms with Crippen LogP contribution in [0.15, 0.2) is 0 Å². The van der Waals surface area contributed by atoms with E-state index in [-0.39, 0.29) is 0 Å². The maximum absolute atomic E-state index is 8.25. The van der Waals surface area contributed by atoms with Gasteiger partial charge in [0.15, 0.2) is 0 Å². The first-order valence-corrected chi connectivity index (χ1v) is 6.77. The highest BCUT2D eigenvalue weighted by atomic mass is 32.2. The van der Waals surface area contributed by atoms with Gasteiger partial charge in [-0.05, 0) is 30.2 Å². The molecule has 0 radical (unpaired) electrons. The molecule has 86 valence electrons. The van der Waals surface area contributed by atoms with E-state index in [0.717, 1.165) is 10.9 Å². The molecule has 0 aromatic rings. The van der Waals surface area contributed by atoms with Crippen LogP contribution in [0.2, 0.25) is 0 Å². The van der Waals surface area contributed by atoms with E-state index in [0.29, 0.717) is 0 Å². The van der Waals surface area contributed by atoms with Crippen LogP contribution in [-0.2, 0) is 10.9 Å². The fourth-order valence-corrected chi connectivity index (χ4v) is 3.52. The zero-order valence-corrected chi connectivity index (χ0v) is 10.1. The van der Waals surface area contributed by atoms with Crippen LogP contribution >= 0.6 is 0 Å². The van der Waals surface area contributed by atoms with Gasteiger partial charge in [-0.1, -0.05) is 20.8 Å². The first-order valence-electron chi connectivity index (χ1n) is 5.04. The molecule has 0 spiro atoms. The highest BCUT2D eigenvalue weighted by molar-refractivity contribution is 7.96. The summed E-state index contributed by atoms with van der Waals surface area (Å²) in [5, 5.41) is 14.8. The third-order valence-corrected chi connectivity index (χ3v) is 4.44. The predicted molar refractivity (Wildman–Crippen MR) is 63.2 cm³/mol. The van der Waals surface area contributed by atoms with Crippen molar-refractivity contribution in [3.8, 4) is 0 Å². The summed E-state index contributed by atoms with van der Waals surface area (Å²) in [7, 11) is 0.775. The molecule has 0 aliphatic heterocycles. The van der Waals surface area contributed by atoms with Gasteiger partial charge in [0.1, 0.15) is 17.3 Å². The Labute approximate surface area is 89.2 Å². The monoisotopic (exact) mass is 223 g/mol. The average Bonchev–Trinajstić information content (AvgIpc) is 2.04. The van der Waals surface area contributed by atoms with Crippen LogP contribution < -0.4 is 0 Å². The van der Waals surface area contributed by atoms with E-state index >= 15 is 0 Å². The van der Waals surface area contributed by atoms with Crippen molar-refractivity contribution in [2.24, 2.45) is 0 Å². The largest absolute Gasteiger partial charge is 0.356 e. The lowest BCUT2D eigenvalue weighted by Crippen LogP contribution is -2.14. The van der Waals surface area contributed by atoms with E-state index in [9.17, 15) is 0 Å². The minimum absolute atomic E-state index is 0.775. The van der Waals surface area contributed by atoms with Gasteiger partial charge in [0.05, 0.1) is 5.09 Å². The van der Waals surface area contributed by atoms with Crippen LogP contribution in [0.4, 0.5) is 0 Å². The van der Waals surface area contributed by atoms with Crippen LogP contribution in [0.25, 0.3) is 0 Å². The molecule has 5 heteroatoms. The van der Waals surface area contributed by atoms with Crippen LogP contribution in [0.3, 0.4) is 0 Å². The Bertz CT molecular complexity index is 115. The molecular weight excluding hydrogens is 202 g/mol. The molecule has 0 rings (SSSR count). The Morgan fingerprint density at radius 3 is 1.29 bits per heavy atom. The molecule has 0 amide bonds. The SMILES string of the molecule is CCC[S+](CCC)CCC.O=[N+]([O-])[O-]. The molecule has 0 aromatic heterocycles. The summed E-state index contributed by atoms with van der Waals surface area (Å²) in [6, 6.07) is 0. The van der Waals surface area contributed by atoms with Crippen molar-refractivity contribution < 1.29 is 5.09 Å². The lowest BCUT2D eigenvalue weighted by atomic mass is 10.6. The zero-order valence-electron chi connectivity index (χ0n) is 9.32. The number of hydrogen-bond donors (Lipinski definition) is 0. The number of hydrogen-bond acceptors (Lipinski definition) is 3. The standard InChI is InChI=1S/C9H21S.NO3/c1-4-7-10(8-5-2)9-6-3;2-1(3)4/h4-9H2,1-3H3;/q+1;-1. The second kappa shape index (κ2) is 12.6. The molecule has 0 N–H and O–H groups in total. The molecule has 0 aliphatic carbocycles. The Hall–Kier alpha value is -0.450. The number of nitrogens with zero attached hydrogens (tertiary/aromatic N) is 1. The minimum atomic E-state index is -1.75. The van der Waals surface area contributed by atoms with Crippen LogP contribution in [0.1, 0.15) is 40.0 Å². The van der Waals surface area contributed by atoms with Crippen molar-refractivity contribution in [3.05, 3.63) is 15.3 Å². The molecule has 0 bridgehead atoms. The van der Waals surface area contributed by atoms with Crippen LogP contribution in [-0.4, -0.2) is 22.3 Å². The van der Waals surface area contributed by atoms with E-state index in [1.807, 2.05) is 0 Å². The van der Waals surface area contributed by atoms with Crippen molar-refractivity contribution in [2.45, 2.75) is 40.0 Å². The molecular formula is C9H21NO3S. The molecule has 0 aromatic carbocycles. The lowest BCUT2D eigenvalue weighted by molar-refractivity contribution is -0.402. The highest BCUT2D eigenvalue weighted by Gasteiger charge is 2.12. The van der Waals surface area contributed by atoms with Crippen molar-refractivity contribution in [1.29, 1.82) is 0 Å². The van der Waals surface area contributed by atoms with E-state index in [2.05, 4.69) is 20.8 Å². The molecule has 0 atom stereocenters. The lowest BCUT2D eigenvalue weighted by Gasteiger charge is -2.03. The van der Waals surface area contributed by atoms with E-state index in [1.54, 1.807) is 0 Å². The Kier molecular flexibility index (Phi) is 14.3. The van der Waals surface area contributed by atoms with Crippen LogP contribution in [0.5, 0.6) is 0 Å². The molecule has 0 saturated carbocycles. The minimum Gasteiger partial charge on any atom is -0.356 e. The van der Waals surface area contributed by atoms with Gasteiger partial charge in [-0.3, -0.25) is 0 Å². The first-order chi connectivity index (χ1) is 6.58. The van der Waals surface area contributed by atoms with Gasteiger partial charge in [-0.15, -0.1) is 0 Å². The fourth-order valence-electron chi connectivity index (χ4n) is 1.17. The quantitative estimate of drug-likeness (QED) is 0.395. The summed E-state index contributed by atoms with van der Waals surface area (Å²) in [6.07, 6.45) is 4.13. The summed E-state index contributed by atoms with van der Waals surface area (Å²) in [6.45, 7) is 6.89. The summed E-state index contributed by atoms with van der Waals surface area (Å²) in [5.41, 5.74) is 0. The molecule has 0 fully saturated rings. The summed E-state index contributed by atoms with van der Waals surface area (Å²) >= 11 is 0. The van der Waals surface area contributed by atoms with Crippen molar-refractivity contribution >= 4 is 10.9 Å². The van der Waals surface area contributed by atoms with E-state index in [4.69, 9.17) is 15.3 Å². The average molecular weight is 223 g/mol. The Morgan fingerprint density at radius 1 is 0.929 bits per heavy atom. The van der Waals surface area contributed by atoms with Gasteiger partial charge in [0.25, 0.3) is 0 Å². The highest BCUT2D eigenvalue weighted by Crippen LogP contribution is 2.03. The summed E-state index contributed by atoms with van der Waals surface area (Å²) in [4.78, 5) is 8.25. The van der Waals surface area contributed by atoms with Gasteiger partial charge in [0.2, 0.25) is 0 Å². The molecule has 0 saturated heterocycles. The third kappa shape index (κ3) is 17.6. The van der Waals surface area contributed by atoms with Gasteiger partial charge >= 0.3 is 0 Å². The molecule has 0 heterocycles. The Morgan fingerprint density at radius 2 is 1.14 bits per heavy atom. The molecule has 14 heavy (non-hydrogen) atoms. The maximum Gasteiger partial charge on any atom is 0.107 e. The maximum atomic E-state index is 8.25. The molecule has 4 nitrogen and oxygen atoms in total. The summed E-state index contributed by atoms with van der Waals surface area (Å²) in [5.74, 6) is 4.42. The van der Waals surface area contributed by atoms with E-state index in [1.165, 1.54) is 36.5 Å². The second-order valence-electron chi connectivity index (χ2n) is 2.95. The zero-order chi connectivity index (χ0) is 11.4. The third-order valence-electron chi connectivity index (χ3n) is 1.48. The second-order valence-corrected chi connectivity index (χ2v) is 5.40. The number of rotatable bonds is 6. The molecule has 0 aliphatic rings. The fraction of sp³-hybridized carbons (Fsp3) is 1.00. The van der Waals surface area contributed by atoms with E-state index < -0.39 is 5.09 Å². The van der Waals surface area contributed by atoms with Crippen molar-refractivity contribution in [3.63, 3.8) is 0 Å². The first kappa shape index (κ1) is 16.0. The van der Waals surface area contributed by atoms with Gasteiger partial charge in [-0.2, -0.15) is 0 Å². The van der Waals surface area contributed by atoms with Gasteiger partial charge in [0, 0.05) is 0 Å². The molecule has 0 unspecified atom stereocenters. The van der Waals surface area contributed by atoms with Gasteiger partial charge in [-0.25, -0.2) is 0 Å².